The van der Waals surface area contributed by atoms with Crippen molar-refractivity contribution in [3.05, 3.63) is 48.6 Å². The number of carbonyl (C=O) groups excluding carboxylic acids is 2. The lowest BCUT2D eigenvalue weighted by atomic mass is 10.3. The summed E-state index contributed by atoms with van der Waals surface area (Å²) in [4.78, 5) is 26.7. The van der Waals surface area contributed by atoms with E-state index in [0.29, 0.717) is 18.0 Å². The quantitative estimate of drug-likeness (QED) is 0.750. The Morgan fingerprint density at radius 3 is 2.91 bits per heavy atom. The highest BCUT2D eigenvalue weighted by molar-refractivity contribution is 5.90. The van der Waals surface area contributed by atoms with Gasteiger partial charge in [-0.05, 0) is 12.1 Å². The molecule has 0 fully saturated rings. The number of nitrogens with zero attached hydrogens (tertiary/aromatic N) is 2. The number of nitrogens with one attached hydrogen (secondary N) is 2. The summed E-state index contributed by atoms with van der Waals surface area (Å²) in [5.41, 5.74) is 0.535. The van der Waals surface area contributed by atoms with Crippen LogP contribution >= 0.6 is 0 Å². The minimum atomic E-state index is -0.484. The molecule has 0 atom stereocenters. The largest absolute Gasteiger partial charge is 0.483 e. The third-order valence-corrected chi connectivity index (χ3v) is 2.62. The van der Waals surface area contributed by atoms with Crippen LogP contribution in [0.1, 0.15) is 23.4 Å². The van der Waals surface area contributed by atoms with Crippen LogP contribution in [0.3, 0.4) is 0 Å². The van der Waals surface area contributed by atoms with Crippen molar-refractivity contribution in [1.29, 1.82) is 0 Å². The maximum absolute atomic E-state index is 11.6. The van der Waals surface area contributed by atoms with Crippen molar-refractivity contribution in [2.24, 2.45) is 0 Å². The molecule has 0 saturated carbocycles. The minimum absolute atomic E-state index is 0.00512. The molecule has 2 rings (SSSR count). The molecule has 0 radical (unpaired) electrons. The Kier molecular flexibility index (Phi) is 5.45. The topological polar surface area (TPSA) is 106 Å². The molecule has 0 unspecified atom stereocenters. The van der Waals surface area contributed by atoms with Gasteiger partial charge in [-0.2, -0.15) is 4.98 Å². The molecular formula is C15H16N4O4. The van der Waals surface area contributed by atoms with Gasteiger partial charge in [0.25, 0.3) is 0 Å². The van der Waals surface area contributed by atoms with E-state index in [1.165, 1.54) is 13.0 Å². The number of amides is 2. The molecule has 2 aromatic rings. The molecule has 0 saturated heterocycles. The first-order valence-corrected chi connectivity index (χ1v) is 6.81. The highest BCUT2D eigenvalue weighted by atomic mass is 16.5. The number of anilines is 1. The SMILES string of the molecule is C=CCNC(=O)c1nc(COc2ccccc2NC(C)=O)no1. The maximum atomic E-state index is 11.6. The zero-order valence-corrected chi connectivity index (χ0v) is 12.5. The molecule has 1 aromatic carbocycles. The number of ether oxygens (including phenoxy) is 1. The predicted octanol–water partition coefficient (Wildman–Crippen LogP) is 1.52. The van der Waals surface area contributed by atoms with Crippen molar-refractivity contribution in [2.45, 2.75) is 13.5 Å². The summed E-state index contributed by atoms with van der Waals surface area (Å²) in [6.45, 7) is 5.20. The fourth-order valence-electron chi connectivity index (χ4n) is 1.67. The Bertz CT molecular complexity index is 711. The molecule has 0 aliphatic carbocycles. The minimum Gasteiger partial charge on any atom is -0.483 e. The lowest BCUT2D eigenvalue weighted by Crippen LogP contribution is -2.23. The zero-order chi connectivity index (χ0) is 16.7. The van der Waals surface area contributed by atoms with Crippen LogP contribution in [-0.4, -0.2) is 28.5 Å². The summed E-state index contributed by atoms with van der Waals surface area (Å²) in [6.07, 6.45) is 1.54. The molecule has 2 amide bonds. The van der Waals surface area contributed by atoms with Crippen LogP contribution in [0.25, 0.3) is 0 Å². The molecule has 0 bridgehead atoms. The summed E-state index contributed by atoms with van der Waals surface area (Å²) >= 11 is 0. The van der Waals surface area contributed by atoms with E-state index in [-0.39, 0.29) is 24.2 Å². The predicted molar refractivity (Wildman–Crippen MR) is 81.9 cm³/mol. The number of aromatic nitrogens is 2. The van der Waals surface area contributed by atoms with Gasteiger partial charge in [0, 0.05) is 13.5 Å². The van der Waals surface area contributed by atoms with Gasteiger partial charge in [-0.3, -0.25) is 9.59 Å². The normalized spacial score (nSPS) is 9.96. The average Bonchev–Trinajstić information content (AvgIpc) is 3.00. The van der Waals surface area contributed by atoms with Crippen molar-refractivity contribution < 1.29 is 18.8 Å². The lowest BCUT2D eigenvalue weighted by Gasteiger charge is -2.09. The molecule has 23 heavy (non-hydrogen) atoms. The van der Waals surface area contributed by atoms with Crippen molar-refractivity contribution in [3.8, 4) is 5.75 Å². The summed E-state index contributed by atoms with van der Waals surface area (Å²) in [5.74, 6) is -0.166. The molecule has 0 aliphatic rings. The van der Waals surface area contributed by atoms with Crippen LogP contribution in [0.5, 0.6) is 5.75 Å². The van der Waals surface area contributed by atoms with E-state index >= 15 is 0 Å². The molecule has 1 aromatic heterocycles. The van der Waals surface area contributed by atoms with Crippen molar-refractivity contribution >= 4 is 17.5 Å². The smallest absolute Gasteiger partial charge is 0.316 e. The second-order valence-electron chi connectivity index (χ2n) is 4.48. The highest BCUT2D eigenvalue weighted by Crippen LogP contribution is 2.24. The first-order chi connectivity index (χ1) is 11.1. The molecule has 2 N–H and O–H groups in total. The second kappa shape index (κ2) is 7.74. The fraction of sp³-hybridized carbons (Fsp3) is 0.200. The maximum Gasteiger partial charge on any atom is 0.316 e. The van der Waals surface area contributed by atoms with E-state index in [0.717, 1.165) is 0 Å². The third-order valence-electron chi connectivity index (χ3n) is 2.62. The van der Waals surface area contributed by atoms with Crippen LogP contribution < -0.4 is 15.4 Å². The van der Waals surface area contributed by atoms with E-state index in [9.17, 15) is 9.59 Å². The zero-order valence-electron chi connectivity index (χ0n) is 12.5. The standard InChI is InChI=1S/C15H16N4O4/c1-3-8-16-14(21)15-18-13(19-23-15)9-22-12-7-5-4-6-11(12)17-10(2)20/h3-7H,1,8-9H2,2H3,(H,16,21)(H,17,20). The molecule has 1 heterocycles. The second-order valence-corrected chi connectivity index (χ2v) is 4.48. The molecular weight excluding hydrogens is 300 g/mol. The Hall–Kier alpha value is -3.16. The van der Waals surface area contributed by atoms with E-state index in [2.05, 4.69) is 27.4 Å². The highest BCUT2D eigenvalue weighted by Gasteiger charge is 2.15. The van der Waals surface area contributed by atoms with E-state index < -0.39 is 5.91 Å². The van der Waals surface area contributed by atoms with Gasteiger partial charge in [0.15, 0.2) is 6.61 Å². The Labute approximate surface area is 132 Å². The fourth-order valence-corrected chi connectivity index (χ4v) is 1.67. The van der Waals surface area contributed by atoms with Gasteiger partial charge in [-0.1, -0.05) is 23.4 Å². The van der Waals surface area contributed by atoms with Crippen molar-refractivity contribution in [1.82, 2.24) is 15.5 Å². The summed E-state index contributed by atoms with van der Waals surface area (Å²) in [5, 5.41) is 8.85. The van der Waals surface area contributed by atoms with Crippen LogP contribution in [0.15, 0.2) is 41.4 Å². The summed E-state index contributed by atoms with van der Waals surface area (Å²) < 4.78 is 10.4. The monoisotopic (exact) mass is 316 g/mol. The lowest BCUT2D eigenvalue weighted by molar-refractivity contribution is -0.114. The first-order valence-electron chi connectivity index (χ1n) is 6.81. The Balaban J connectivity index is 1.99. The van der Waals surface area contributed by atoms with E-state index in [1.54, 1.807) is 24.3 Å². The van der Waals surface area contributed by atoms with Gasteiger partial charge >= 0.3 is 11.8 Å². The number of carbonyl (C=O) groups is 2. The number of hydrogen-bond donors (Lipinski definition) is 2. The molecule has 0 spiro atoms. The van der Waals surface area contributed by atoms with Gasteiger partial charge in [-0.25, -0.2) is 0 Å². The van der Waals surface area contributed by atoms with Gasteiger partial charge in [0.2, 0.25) is 11.7 Å². The first kappa shape index (κ1) is 16.2. The number of para-hydroxylation sites is 2. The molecule has 120 valence electrons. The summed E-state index contributed by atoms with van der Waals surface area (Å²) in [7, 11) is 0. The van der Waals surface area contributed by atoms with Crippen LogP contribution in [-0.2, 0) is 11.4 Å². The van der Waals surface area contributed by atoms with Gasteiger partial charge in [0.05, 0.1) is 5.69 Å². The third kappa shape index (κ3) is 4.67. The molecule has 8 heteroatoms. The summed E-state index contributed by atoms with van der Waals surface area (Å²) in [6, 6.07) is 6.95. The van der Waals surface area contributed by atoms with Crippen molar-refractivity contribution in [2.75, 3.05) is 11.9 Å². The van der Waals surface area contributed by atoms with Gasteiger partial charge in [-0.15, -0.1) is 6.58 Å². The molecule has 8 nitrogen and oxygen atoms in total. The van der Waals surface area contributed by atoms with Crippen LogP contribution in [0, 0.1) is 0 Å². The van der Waals surface area contributed by atoms with Crippen LogP contribution in [0.4, 0.5) is 5.69 Å². The van der Waals surface area contributed by atoms with Gasteiger partial charge < -0.3 is 19.9 Å². The van der Waals surface area contributed by atoms with E-state index in [1.807, 2.05) is 0 Å². The Morgan fingerprint density at radius 1 is 1.39 bits per heavy atom. The van der Waals surface area contributed by atoms with Crippen molar-refractivity contribution in [3.63, 3.8) is 0 Å². The number of hydrogen-bond acceptors (Lipinski definition) is 6. The van der Waals surface area contributed by atoms with E-state index in [4.69, 9.17) is 9.26 Å². The van der Waals surface area contributed by atoms with Crippen LogP contribution in [0.2, 0.25) is 0 Å². The average molecular weight is 316 g/mol. The molecule has 0 aliphatic heterocycles. The number of benzene rings is 1. The van der Waals surface area contributed by atoms with Gasteiger partial charge in [0.1, 0.15) is 5.75 Å². The number of rotatable bonds is 7. The Morgan fingerprint density at radius 2 is 2.17 bits per heavy atom.